The van der Waals surface area contributed by atoms with Gasteiger partial charge in [-0.1, -0.05) is 41.9 Å². The Morgan fingerprint density at radius 1 is 1.30 bits per heavy atom. The van der Waals surface area contributed by atoms with Crippen LogP contribution in [-0.4, -0.2) is 23.9 Å². The zero-order valence-corrected chi connectivity index (χ0v) is 15.8. The van der Waals surface area contributed by atoms with Crippen LogP contribution in [0.15, 0.2) is 47.6 Å². The van der Waals surface area contributed by atoms with Gasteiger partial charge in [0.15, 0.2) is 11.5 Å². The summed E-state index contributed by atoms with van der Waals surface area (Å²) in [5.41, 5.74) is 4.86. The van der Waals surface area contributed by atoms with Crippen molar-refractivity contribution in [3.63, 3.8) is 0 Å². The average Bonchev–Trinajstić information content (AvgIpc) is 3.29. The number of carbonyl (C=O) groups excluding carboxylic acids is 1. The number of ether oxygens (including phenoxy) is 2. The summed E-state index contributed by atoms with van der Waals surface area (Å²) < 4.78 is 10.6. The molecule has 2 aromatic carbocycles. The summed E-state index contributed by atoms with van der Waals surface area (Å²) in [6.45, 7) is 1.94. The molecule has 136 valence electrons. The number of aromatic nitrogens is 1. The van der Waals surface area contributed by atoms with Gasteiger partial charge in [0.25, 0.3) is 5.91 Å². The van der Waals surface area contributed by atoms with Crippen LogP contribution in [0, 0.1) is 6.92 Å². The van der Waals surface area contributed by atoms with Crippen LogP contribution in [0.3, 0.4) is 0 Å². The lowest BCUT2D eigenvalue weighted by Gasteiger charge is -2.01. The first-order valence-corrected chi connectivity index (χ1v) is 9.26. The Bertz CT molecular complexity index is 1030. The summed E-state index contributed by atoms with van der Waals surface area (Å²) in [6, 6.07) is 13.2. The van der Waals surface area contributed by atoms with Crippen molar-refractivity contribution < 1.29 is 14.3 Å². The number of amides is 1. The number of hydrazone groups is 1. The van der Waals surface area contributed by atoms with Crippen LogP contribution in [0.25, 0.3) is 10.6 Å². The van der Waals surface area contributed by atoms with Crippen LogP contribution in [0.2, 0.25) is 5.02 Å². The Kier molecular flexibility index (Phi) is 4.79. The molecule has 0 saturated carbocycles. The van der Waals surface area contributed by atoms with Crippen LogP contribution < -0.4 is 14.9 Å². The van der Waals surface area contributed by atoms with E-state index >= 15 is 0 Å². The van der Waals surface area contributed by atoms with E-state index in [1.807, 2.05) is 30.3 Å². The topological polar surface area (TPSA) is 72.8 Å². The van der Waals surface area contributed by atoms with Gasteiger partial charge >= 0.3 is 0 Å². The van der Waals surface area contributed by atoms with E-state index in [-0.39, 0.29) is 12.7 Å². The van der Waals surface area contributed by atoms with Gasteiger partial charge in [-0.05, 0) is 24.6 Å². The molecule has 0 aliphatic carbocycles. The number of nitrogens with one attached hydrogen (secondary N) is 1. The fourth-order valence-corrected chi connectivity index (χ4v) is 3.82. The quantitative estimate of drug-likeness (QED) is 0.525. The maximum atomic E-state index is 12.4. The Morgan fingerprint density at radius 3 is 2.93 bits per heavy atom. The molecule has 0 fully saturated rings. The third-order valence-electron chi connectivity index (χ3n) is 3.85. The molecular formula is C19H14ClN3O3S. The van der Waals surface area contributed by atoms with Crippen molar-refractivity contribution in [3.05, 3.63) is 63.6 Å². The minimum Gasteiger partial charge on any atom is -0.454 e. The van der Waals surface area contributed by atoms with Crippen LogP contribution in [0.4, 0.5) is 0 Å². The molecule has 0 radical (unpaired) electrons. The number of benzene rings is 2. The number of fused-ring (bicyclic) bond motifs is 1. The van der Waals surface area contributed by atoms with Gasteiger partial charge in [0.2, 0.25) is 6.79 Å². The molecule has 8 heteroatoms. The molecule has 1 amide bonds. The fourth-order valence-electron chi connectivity index (χ4n) is 2.59. The summed E-state index contributed by atoms with van der Waals surface area (Å²) in [5.74, 6) is 0.767. The van der Waals surface area contributed by atoms with E-state index in [1.165, 1.54) is 17.6 Å². The zero-order valence-electron chi connectivity index (χ0n) is 14.2. The molecule has 6 nitrogen and oxygen atoms in total. The summed E-state index contributed by atoms with van der Waals surface area (Å²) >= 11 is 7.46. The van der Waals surface area contributed by atoms with Crippen molar-refractivity contribution in [1.82, 2.24) is 10.4 Å². The van der Waals surface area contributed by atoms with Crippen molar-refractivity contribution in [1.29, 1.82) is 0 Å². The van der Waals surface area contributed by atoms with E-state index in [9.17, 15) is 4.79 Å². The van der Waals surface area contributed by atoms with E-state index in [4.69, 9.17) is 21.1 Å². The molecule has 2 heterocycles. The second kappa shape index (κ2) is 7.38. The fraction of sp³-hybridized carbons (Fsp3) is 0.105. The van der Waals surface area contributed by atoms with E-state index in [0.29, 0.717) is 32.7 Å². The lowest BCUT2D eigenvalue weighted by molar-refractivity contribution is 0.0958. The predicted octanol–water partition coefficient (Wildman–Crippen LogP) is 4.26. The van der Waals surface area contributed by atoms with Crippen molar-refractivity contribution in [3.8, 4) is 22.1 Å². The molecule has 0 saturated heterocycles. The predicted molar refractivity (Wildman–Crippen MR) is 105 cm³/mol. The summed E-state index contributed by atoms with van der Waals surface area (Å²) in [4.78, 5) is 17.4. The first kappa shape index (κ1) is 17.5. The maximum Gasteiger partial charge on any atom is 0.283 e. The molecule has 0 bridgehead atoms. The van der Waals surface area contributed by atoms with Gasteiger partial charge in [-0.25, -0.2) is 10.4 Å². The number of aryl methyl sites for hydroxylation is 1. The molecule has 27 heavy (non-hydrogen) atoms. The number of hydrogen-bond donors (Lipinski definition) is 1. The first-order valence-electron chi connectivity index (χ1n) is 8.07. The standard InChI is InChI=1S/C19H14ClN3O3S/c1-11-17(27-19(22-11)13-5-3-2-4-6-13)18(24)23-21-9-12-7-14(20)16-15(8-12)25-10-26-16/h2-9H,10H2,1H3,(H,23,24)/b21-9-. The zero-order chi connectivity index (χ0) is 18.8. The second-order valence-electron chi connectivity index (χ2n) is 5.74. The Balaban J connectivity index is 1.48. The SMILES string of the molecule is Cc1nc(-c2ccccc2)sc1C(=O)N/N=C\c1cc(Cl)c2c(c1)OCO2. The minimum absolute atomic E-state index is 0.140. The van der Waals surface area contributed by atoms with Gasteiger partial charge in [-0.3, -0.25) is 4.79 Å². The Labute approximate surface area is 164 Å². The van der Waals surface area contributed by atoms with Gasteiger partial charge in [0, 0.05) is 5.56 Å². The molecule has 1 N–H and O–H groups in total. The second-order valence-corrected chi connectivity index (χ2v) is 7.14. The summed E-state index contributed by atoms with van der Waals surface area (Å²) in [5, 5.41) is 5.24. The minimum atomic E-state index is -0.310. The van der Waals surface area contributed by atoms with E-state index < -0.39 is 0 Å². The van der Waals surface area contributed by atoms with Gasteiger partial charge < -0.3 is 9.47 Å². The normalized spacial score (nSPS) is 12.5. The lowest BCUT2D eigenvalue weighted by atomic mass is 10.2. The molecule has 0 spiro atoms. The van der Waals surface area contributed by atoms with Crippen LogP contribution in [0.1, 0.15) is 20.9 Å². The summed E-state index contributed by atoms with van der Waals surface area (Å²) in [7, 11) is 0. The molecule has 1 aromatic heterocycles. The Hall–Kier alpha value is -2.90. The number of carbonyl (C=O) groups is 1. The van der Waals surface area contributed by atoms with E-state index in [0.717, 1.165) is 10.6 Å². The highest BCUT2D eigenvalue weighted by Crippen LogP contribution is 2.39. The number of nitrogens with zero attached hydrogens (tertiary/aromatic N) is 2. The van der Waals surface area contributed by atoms with Crippen molar-refractivity contribution >= 4 is 35.1 Å². The van der Waals surface area contributed by atoms with Crippen LogP contribution in [-0.2, 0) is 0 Å². The van der Waals surface area contributed by atoms with Crippen molar-refractivity contribution in [2.75, 3.05) is 6.79 Å². The highest BCUT2D eigenvalue weighted by molar-refractivity contribution is 7.17. The lowest BCUT2D eigenvalue weighted by Crippen LogP contribution is -2.17. The summed E-state index contributed by atoms with van der Waals surface area (Å²) in [6.07, 6.45) is 1.50. The van der Waals surface area contributed by atoms with Gasteiger partial charge in [-0.15, -0.1) is 11.3 Å². The maximum absolute atomic E-state index is 12.4. The van der Waals surface area contributed by atoms with Crippen LogP contribution >= 0.6 is 22.9 Å². The third-order valence-corrected chi connectivity index (χ3v) is 5.34. The van der Waals surface area contributed by atoms with Gasteiger partial charge in [0.1, 0.15) is 9.88 Å². The molecular weight excluding hydrogens is 386 g/mol. The number of halogens is 1. The Morgan fingerprint density at radius 2 is 2.11 bits per heavy atom. The molecule has 0 atom stereocenters. The first-order chi connectivity index (χ1) is 13.1. The van der Waals surface area contributed by atoms with Gasteiger partial charge in [0.05, 0.1) is 16.9 Å². The largest absolute Gasteiger partial charge is 0.454 e. The van der Waals surface area contributed by atoms with Crippen molar-refractivity contribution in [2.24, 2.45) is 5.10 Å². The molecule has 0 unspecified atom stereocenters. The smallest absolute Gasteiger partial charge is 0.283 e. The van der Waals surface area contributed by atoms with Crippen LogP contribution in [0.5, 0.6) is 11.5 Å². The number of hydrogen-bond acceptors (Lipinski definition) is 6. The third kappa shape index (κ3) is 3.65. The highest BCUT2D eigenvalue weighted by Gasteiger charge is 2.18. The van der Waals surface area contributed by atoms with Gasteiger partial charge in [-0.2, -0.15) is 5.10 Å². The monoisotopic (exact) mass is 399 g/mol. The number of rotatable bonds is 4. The molecule has 1 aliphatic rings. The molecule has 1 aliphatic heterocycles. The molecule has 3 aromatic rings. The van der Waals surface area contributed by atoms with E-state index in [2.05, 4.69) is 15.5 Å². The molecule has 4 rings (SSSR count). The average molecular weight is 400 g/mol. The highest BCUT2D eigenvalue weighted by atomic mass is 35.5. The van der Waals surface area contributed by atoms with E-state index in [1.54, 1.807) is 19.1 Å². The number of thiazole rings is 1. The van der Waals surface area contributed by atoms with Crippen molar-refractivity contribution in [2.45, 2.75) is 6.92 Å².